The summed E-state index contributed by atoms with van der Waals surface area (Å²) >= 11 is 0. The highest BCUT2D eigenvalue weighted by Crippen LogP contribution is 2.74. The second-order valence-electron chi connectivity index (χ2n) is 8.73. The third kappa shape index (κ3) is 1.63. The van der Waals surface area contributed by atoms with Gasteiger partial charge >= 0.3 is 0 Å². The van der Waals surface area contributed by atoms with Crippen molar-refractivity contribution in [3.63, 3.8) is 0 Å². The fourth-order valence-corrected chi connectivity index (χ4v) is 6.00. The first-order valence-electron chi connectivity index (χ1n) is 8.42. The maximum Gasteiger partial charge on any atom is 0.0751 e. The molecule has 5 atom stereocenters. The Morgan fingerprint density at radius 3 is 2.37 bits per heavy atom. The minimum absolute atomic E-state index is 0.268. The monoisotopic (exact) mass is 264 g/mol. The molecule has 0 saturated heterocycles. The second-order valence-corrected chi connectivity index (χ2v) is 8.73. The summed E-state index contributed by atoms with van der Waals surface area (Å²) in [6.07, 6.45) is 5.36. The van der Waals surface area contributed by atoms with Crippen molar-refractivity contribution in [1.82, 2.24) is 0 Å². The standard InChI is InChI=1S/C18H32O/c1-7-10-19-18-11-13(18)8-9-14-15(18)17(5,6)12(2)16(14,3)4/h12-15H,7-11H2,1-6H3. The number of ether oxygens (including phenoxy) is 1. The van der Waals surface area contributed by atoms with Crippen molar-refractivity contribution in [3.8, 4) is 0 Å². The molecule has 3 aliphatic carbocycles. The summed E-state index contributed by atoms with van der Waals surface area (Å²) < 4.78 is 6.48. The van der Waals surface area contributed by atoms with Crippen LogP contribution in [0.4, 0.5) is 0 Å². The summed E-state index contributed by atoms with van der Waals surface area (Å²) in [4.78, 5) is 0. The van der Waals surface area contributed by atoms with Gasteiger partial charge in [0.25, 0.3) is 0 Å². The molecule has 0 heterocycles. The van der Waals surface area contributed by atoms with Crippen LogP contribution in [0, 0.1) is 34.5 Å². The van der Waals surface area contributed by atoms with E-state index in [4.69, 9.17) is 4.74 Å². The summed E-state index contributed by atoms with van der Waals surface area (Å²) in [6, 6.07) is 0. The largest absolute Gasteiger partial charge is 0.374 e. The Hall–Kier alpha value is -0.0400. The van der Waals surface area contributed by atoms with E-state index in [1.54, 1.807) is 0 Å². The molecule has 5 unspecified atom stereocenters. The number of hydrogen-bond donors (Lipinski definition) is 0. The molecule has 3 aliphatic rings. The molecule has 110 valence electrons. The van der Waals surface area contributed by atoms with Crippen LogP contribution < -0.4 is 0 Å². The molecule has 3 fully saturated rings. The van der Waals surface area contributed by atoms with Crippen LogP contribution in [-0.4, -0.2) is 12.2 Å². The van der Waals surface area contributed by atoms with Crippen LogP contribution >= 0.6 is 0 Å². The number of rotatable bonds is 3. The average Bonchev–Trinajstić information content (AvgIpc) is 3.04. The summed E-state index contributed by atoms with van der Waals surface area (Å²) in [7, 11) is 0. The maximum absolute atomic E-state index is 6.48. The Morgan fingerprint density at radius 2 is 1.74 bits per heavy atom. The van der Waals surface area contributed by atoms with E-state index in [1.807, 2.05) is 0 Å². The van der Waals surface area contributed by atoms with Gasteiger partial charge in [-0.2, -0.15) is 0 Å². The summed E-state index contributed by atoms with van der Waals surface area (Å²) in [5.41, 5.74) is 1.17. The first-order valence-corrected chi connectivity index (χ1v) is 8.42. The maximum atomic E-state index is 6.48. The Kier molecular flexibility index (Phi) is 2.93. The van der Waals surface area contributed by atoms with E-state index in [9.17, 15) is 0 Å². The number of fused-ring (bicyclic) bond motifs is 3. The molecule has 3 rings (SSSR count). The quantitative estimate of drug-likeness (QED) is 0.704. The topological polar surface area (TPSA) is 9.23 Å². The van der Waals surface area contributed by atoms with Crippen molar-refractivity contribution in [2.45, 2.75) is 72.8 Å². The lowest BCUT2D eigenvalue weighted by Crippen LogP contribution is -2.43. The zero-order valence-electron chi connectivity index (χ0n) is 13.8. The van der Waals surface area contributed by atoms with Crippen molar-refractivity contribution < 1.29 is 4.74 Å². The van der Waals surface area contributed by atoms with Gasteiger partial charge in [-0.25, -0.2) is 0 Å². The highest BCUT2D eigenvalue weighted by atomic mass is 16.5. The molecule has 0 N–H and O–H groups in total. The highest BCUT2D eigenvalue weighted by Gasteiger charge is 2.73. The van der Waals surface area contributed by atoms with Gasteiger partial charge in [0.1, 0.15) is 0 Å². The van der Waals surface area contributed by atoms with Crippen LogP contribution in [0.3, 0.4) is 0 Å². The van der Waals surface area contributed by atoms with Gasteiger partial charge in [-0.05, 0) is 60.2 Å². The van der Waals surface area contributed by atoms with Crippen LogP contribution in [0.25, 0.3) is 0 Å². The van der Waals surface area contributed by atoms with Crippen LogP contribution in [-0.2, 0) is 4.74 Å². The minimum Gasteiger partial charge on any atom is -0.374 e. The van der Waals surface area contributed by atoms with Gasteiger partial charge in [0.15, 0.2) is 0 Å². The van der Waals surface area contributed by atoms with Crippen LogP contribution in [0.2, 0.25) is 0 Å². The molecular formula is C18H32O. The minimum atomic E-state index is 0.268. The first kappa shape index (κ1) is 13.9. The van der Waals surface area contributed by atoms with Crippen molar-refractivity contribution in [1.29, 1.82) is 0 Å². The molecule has 0 aromatic heterocycles. The molecule has 3 saturated carbocycles. The average molecular weight is 264 g/mol. The highest BCUT2D eigenvalue weighted by molar-refractivity contribution is 5.22. The van der Waals surface area contributed by atoms with E-state index in [0.717, 1.165) is 36.7 Å². The molecule has 0 aromatic rings. The lowest BCUT2D eigenvalue weighted by Gasteiger charge is -2.43. The molecular weight excluding hydrogens is 232 g/mol. The van der Waals surface area contributed by atoms with Gasteiger partial charge < -0.3 is 4.74 Å². The van der Waals surface area contributed by atoms with E-state index >= 15 is 0 Å². The SMILES string of the molecule is CCCOC12CC1CCC1C2C(C)(C)C(C)C1(C)C. The molecule has 0 bridgehead atoms. The molecule has 0 amide bonds. The van der Waals surface area contributed by atoms with Crippen molar-refractivity contribution in [2.75, 3.05) is 6.61 Å². The van der Waals surface area contributed by atoms with Gasteiger partial charge in [-0.3, -0.25) is 0 Å². The summed E-state index contributed by atoms with van der Waals surface area (Å²) in [5.74, 6) is 3.32. The second kappa shape index (κ2) is 4.00. The molecule has 0 radical (unpaired) electrons. The smallest absolute Gasteiger partial charge is 0.0751 e. The van der Waals surface area contributed by atoms with Gasteiger partial charge in [0.05, 0.1) is 5.60 Å². The first-order chi connectivity index (χ1) is 8.78. The predicted octanol–water partition coefficient (Wildman–Crippen LogP) is 4.90. The Morgan fingerprint density at radius 1 is 1.05 bits per heavy atom. The van der Waals surface area contributed by atoms with E-state index in [2.05, 4.69) is 41.5 Å². The third-order valence-corrected chi connectivity index (χ3v) is 7.42. The molecule has 0 spiro atoms. The van der Waals surface area contributed by atoms with Crippen LogP contribution in [0.5, 0.6) is 0 Å². The fraction of sp³-hybridized carbons (Fsp3) is 1.00. The van der Waals surface area contributed by atoms with Gasteiger partial charge in [0, 0.05) is 6.61 Å². The van der Waals surface area contributed by atoms with Gasteiger partial charge in [0.2, 0.25) is 0 Å². The van der Waals surface area contributed by atoms with Gasteiger partial charge in [-0.15, -0.1) is 0 Å². The zero-order valence-corrected chi connectivity index (χ0v) is 13.8. The summed E-state index contributed by atoms with van der Waals surface area (Å²) in [5, 5.41) is 0. The van der Waals surface area contributed by atoms with Gasteiger partial charge in [-0.1, -0.05) is 41.5 Å². The lowest BCUT2D eigenvalue weighted by molar-refractivity contribution is -0.0861. The molecule has 19 heavy (non-hydrogen) atoms. The molecule has 0 aliphatic heterocycles. The third-order valence-electron chi connectivity index (χ3n) is 7.42. The van der Waals surface area contributed by atoms with E-state index in [1.165, 1.54) is 19.3 Å². The van der Waals surface area contributed by atoms with Crippen molar-refractivity contribution in [2.24, 2.45) is 34.5 Å². The Balaban J connectivity index is 1.96. The van der Waals surface area contributed by atoms with Crippen LogP contribution in [0.15, 0.2) is 0 Å². The lowest BCUT2D eigenvalue weighted by atomic mass is 9.67. The van der Waals surface area contributed by atoms with Crippen LogP contribution in [0.1, 0.15) is 67.2 Å². The zero-order chi connectivity index (χ0) is 14.1. The van der Waals surface area contributed by atoms with Crippen molar-refractivity contribution >= 4 is 0 Å². The predicted molar refractivity (Wildman–Crippen MR) is 80.0 cm³/mol. The molecule has 1 nitrogen and oxygen atoms in total. The molecule has 1 heteroatoms. The van der Waals surface area contributed by atoms with E-state index in [-0.39, 0.29) is 5.60 Å². The Bertz CT molecular complexity index is 370. The Labute approximate surface area is 119 Å². The molecule has 0 aromatic carbocycles. The summed E-state index contributed by atoms with van der Waals surface area (Å²) in [6.45, 7) is 15.7. The number of hydrogen-bond acceptors (Lipinski definition) is 1. The van der Waals surface area contributed by atoms with E-state index < -0.39 is 0 Å². The fourth-order valence-electron chi connectivity index (χ4n) is 6.00. The van der Waals surface area contributed by atoms with E-state index in [0.29, 0.717) is 10.8 Å². The van der Waals surface area contributed by atoms with Crippen molar-refractivity contribution in [3.05, 3.63) is 0 Å². The normalized spacial score (nSPS) is 49.6.